The monoisotopic (exact) mass is 361 g/mol. The first-order valence-corrected chi connectivity index (χ1v) is 8.53. The van der Waals surface area contributed by atoms with Gasteiger partial charge in [0.25, 0.3) is 0 Å². The average Bonchev–Trinajstić information content (AvgIpc) is 3.03. The van der Waals surface area contributed by atoms with Gasteiger partial charge in [0.15, 0.2) is 17.0 Å². The molecule has 0 aliphatic heterocycles. The Kier molecular flexibility index (Phi) is 5.30. The van der Waals surface area contributed by atoms with Gasteiger partial charge in [-0.1, -0.05) is 29.8 Å². The van der Waals surface area contributed by atoms with Crippen molar-refractivity contribution in [1.29, 1.82) is 0 Å². The third-order valence-electron chi connectivity index (χ3n) is 3.80. The van der Waals surface area contributed by atoms with Crippen LogP contribution in [0.25, 0.3) is 11.2 Å². The van der Waals surface area contributed by atoms with Crippen LogP contribution in [0.5, 0.6) is 0 Å². The molecule has 0 bridgehead atoms. The zero-order chi connectivity index (χ0) is 17.8. The minimum atomic E-state index is -0.123. The molecular formula is C16H20ClN7O. The number of aryl methyl sites for hydroxylation is 1. The lowest BCUT2D eigenvalue weighted by atomic mass is 10.2. The normalized spacial score (nSPS) is 12.3. The number of nitrogens with zero attached hydrogens (tertiary/aromatic N) is 5. The van der Waals surface area contributed by atoms with Gasteiger partial charge in [0, 0.05) is 17.3 Å². The number of aliphatic hydroxyl groups is 1. The predicted octanol–water partition coefficient (Wildman–Crippen LogP) is 2.82. The summed E-state index contributed by atoms with van der Waals surface area (Å²) in [6.45, 7) is 4.59. The van der Waals surface area contributed by atoms with Crippen molar-refractivity contribution in [3.05, 3.63) is 29.3 Å². The molecule has 1 unspecified atom stereocenters. The van der Waals surface area contributed by atoms with Crippen molar-refractivity contribution < 1.29 is 5.11 Å². The molecule has 1 atom stereocenters. The highest BCUT2D eigenvalue weighted by atomic mass is 35.5. The van der Waals surface area contributed by atoms with Crippen LogP contribution in [0.4, 0.5) is 17.5 Å². The molecule has 0 saturated heterocycles. The highest BCUT2D eigenvalue weighted by molar-refractivity contribution is 6.30. The summed E-state index contributed by atoms with van der Waals surface area (Å²) < 4.78 is 1.70. The van der Waals surface area contributed by atoms with E-state index < -0.39 is 0 Å². The third kappa shape index (κ3) is 3.80. The van der Waals surface area contributed by atoms with Crippen molar-refractivity contribution in [2.75, 3.05) is 17.2 Å². The fourth-order valence-electron chi connectivity index (χ4n) is 2.38. The van der Waals surface area contributed by atoms with Crippen LogP contribution in [0.3, 0.4) is 0 Å². The molecule has 1 aromatic carbocycles. The van der Waals surface area contributed by atoms with Crippen molar-refractivity contribution in [3.63, 3.8) is 0 Å². The van der Waals surface area contributed by atoms with Crippen LogP contribution >= 0.6 is 11.6 Å². The van der Waals surface area contributed by atoms with Crippen molar-refractivity contribution in [2.45, 2.75) is 32.9 Å². The number of aromatic nitrogens is 5. The molecule has 0 fully saturated rings. The average molecular weight is 362 g/mol. The van der Waals surface area contributed by atoms with E-state index in [0.717, 1.165) is 12.1 Å². The van der Waals surface area contributed by atoms with E-state index in [1.165, 1.54) is 0 Å². The molecule has 0 radical (unpaired) electrons. The van der Waals surface area contributed by atoms with E-state index in [2.05, 4.69) is 30.9 Å². The van der Waals surface area contributed by atoms with Crippen LogP contribution in [-0.2, 0) is 6.54 Å². The number of halogens is 1. The molecule has 3 aromatic rings. The number of aliphatic hydroxyl groups excluding tert-OH is 1. The largest absolute Gasteiger partial charge is 0.394 e. The molecule has 2 heterocycles. The Morgan fingerprint density at radius 3 is 2.80 bits per heavy atom. The first-order valence-electron chi connectivity index (χ1n) is 8.15. The molecule has 0 aliphatic rings. The zero-order valence-electron chi connectivity index (χ0n) is 14.1. The summed E-state index contributed by atoms with van der Waals surface area (Å²) in [6.07, 6.45) is 0.750. The molecule has 2 aromatic heterocycles. The summed E-state index contributed by atoms with van der Waals surface area (Å²) in [4.78, 5) is 9.01. The maximum absolute atomic E-state index is 9.42. The Morgan fingerprint density at radius 2 is 2.12 bits per heavy atom. The highest BCUT2D eigenvalue weighted by Crippen LogP contribution is 2.25. The molecule has 0 aliphatic carbocycles. The topological polar surface area (TPSA) is 101 Å². The number of anilines is 3. The van der Waals surface area contributed by atoms with Crippen LogP contribution in [0.2, 0.25) is 5.02 Å². The SMILES string of the molecule is CCC(CO)Nc1nc(Nc2cccc(Cl)c2)c2nnn(CC)c2n1. The summed E-state index contributed by atoms with van der Waals surface area (Å²) in [5.74, 6) is 0.942. The Balaban J connectivity index is 2.04. The number of benzene rings is 1. The summed E-state index contributed by atoms with van der Waals surface area (Å²) >= 11 is 6.05. The summed E-state index contributed by atoms with van der Waals surface area (Å²) in [6, 6.07) is 7.22. The van der Waals surface area contributed by atoms with E-state index >= 15 is 0 Å². The van der Waals surface area contributed by atoms with Gasteiger partial charge in [-0.05, 0) is 31.5 Å². The first-order chi connectivity index (χ1) is 12.1. The second-order valence-electron chi connectivity index (χ2n) is 5.54. The molecule has 3 N–H and O–H groups in total. The van der Waals surface area contributed by atoms with E-state index in [0.29, 0.717) is 34.5 Å². The lowest BCUT2D eigenvalue weighted by molar-refractivity contribution is 0.271. The molecule has 3 rings (SSSR count). The maximum Gasteiger partial charge on any atom is 0.227 e. The van der Waals surface area contributed by atoms with Gasteiger partial charge in [0.1, 0.15) is 0 Å². The van der Waals surface area contributed by atoms with Crippen LogP contribution in [0, 0.1) is 0 Å². The molecule has 0 amide bonds. The lowest BCUT2D eigenvalue weighted by Crippen LogP contribution is -2.24. The Labute approximate surface area is 150 Å². The van der Waals surface area contributed by atoms with E-state index in [9.17, 15) is 5.11 Å². The minimum Gasteiger partial charge on any atom is -0.394 e. The van der Waals surface area contributed by atoms with Gasteiger partial charge in [0.2, 0.25) is 5.95 Å². The smallest absolute Gasteiger partial charge is 0.227 e. The highest BCUT2D eigenvalue weighted by Gasteiger charge is 2.16. The molecular weight excluding hydrogens is 342 g/mol. The number of nitrogens with one attached hydrogen (secondary N) is 2. The molecule has 9 heteroatoms. The molecule has 25 heavy (non-hydrogen) atoms. The molecule has 8 nitrogen and oxygen atoms in total. The summed E-state index contributed by atoms with van der Waals surface area (Å²) in [7, 11) is 0. The summed E-state index contributed by atoms with van der Waals surface area (Å²) in [5.41, 5.74) is 1.99. The second-order valence-corrected chi connectivity index (χ2v) is 5.98. The van der Waals surface area contributed by atoms with Gasteiger partial charge in [0.05, 0.1) is 12.6 Å². The number of rotatable bonds is 7. The number of hydrogen-bond donors (Lipinski definition) is 3. The van der Waals surface area contributed by atoms with E-state index in [-0.39, 0.29) is 12.6 Å². The van der Waals surface area contributed by atoms with Gasteiger partial charge in [-0.25, -0.2) is 4.68 Å². The molecule has 132 valence electrons. The Morgan fingerprint density at radius 1 is 1.28 bits per heavy atom. The van der Waals surface area contributed by atoms with Gasteiger partial charge < -0.3 is 15.7 Å². The third-order valence-corrected chi connectivity index (χ3v) is 4.03. The zero-order valence-corrected chi connectivity index (χ0v) is 14.8. The number of fused-ring (bicyclic) bond motifs is 1. The Hall–Kier alpha value is -2.45. The van der Waals surface area contributed by atoms with Crippen molar-refractivity contribution in [2.24, 2.45) is 0 Å². The number of hydrogen-bond acceptors (Lipinski definition) is 7. The van der Waals surface area contributed by atoms with Gasteiger partial charge in [-0.3, -0.25) is 0 Å². The van der Waals surface area contributed by atoms with Gasteiger partial charge in [-0.15, -0.1) is 5.10 Å². The van der Waals surface area contributed by atoms with Gasteiger partial charge in [-0.2, -0.15) is 9.97 Å². The fraction of sp³-hybridized carbons (Fsp3) is 0.375. The van der Waals surface area contributed by atoms with Crippen LogP contribution in [0.15, 0.2) is 24.3 Å². The fourth-order valence-corrected chi connectivity index (χ4v) is 2.57. The predicted molar refractivity (Wildman–Crippen MR) is 98.3 cm³/mol. The minimum absolute atomic E-state index is 0.000240. The van der Waals surface area contributed by atoms with Gasteiger partial charge >= 0.3 is 0 Å². The second kappa shape index (κ2) is 7.62. The first kappa shape index (κ1) is 17.4. The van der Waals surface area contributed by atoms with Crippen LogP contribution in [0.1, 0.15) is 20.3 Å². The van der Waals surface area contributed by atoms with Crippen molar-refractivity contribution in [3.8, 4) is 0 Å². The Bertz CT molecular complexity index is 863. The van der Waals surface area contributed by atoms with Crippen LogP contribution in [-0.4, -0.2) is 42.7 Å². The summed E-state index contributed by atoms with van der Waals surface area (Å²) in [5, 5.41) is 24.7. The maximum atomic E-state index is 9.42. The van der Waals surface area contributed by atoms with Crippen molar-refractivity contribution in [1.82, 2.24) is 25.0 Å². The molecule has 0 saturated carbocycles. The standard InChI is InChI=1S/C16H20ClN7O/c1-3-11(9-25)19-16-20-14(18-12-7-5-6-10(17)8-12)13-15(21-16)24(4-2)23-22-13/h5-8,11,25H,3-4,9H2,1-2H3,(H2,18,19,20,21). The van der Waals surface area contributed by atoms with E-state index in [1.807, 2.05) is 26.0 Å². The van der Waals surface area contributed by atoms with Crippen LogP contribution < -0.4 is 10.6 Å². The van der Waals surface area contributed by atoms with E-state index in [4.69, 9.17) is 11.6 Å². The lowest BCUT2D eigenvalue weighted by Gasteiger charge is -2.15. The quantitative estimate of drug-likeness (QED) is 0.594. The van der Waals surface area contributed by atoms with E-state index in [1.54, 1.807) is 16.8 Å². The van der Waals surface area contributed by atoms with Crippen molar-refractivity contribution >= 4 is 40.2 Å². The molecule has 0 spiro atoms.